The van der Waals surface area contributed by atoms with Crippen LogP contribution in [-0.4, -0.2) is 68.2 Å². The number of benzene rings is 1. The molecule has 0 aliphatic carbocycles. The number of hydrogen-bond acceptors (Lipinski definition) is 11. The standard InChI is InChI=1S/C33H52FN6O7P/c1-6-8-10-13-17-25(18-14-11-9-7-2)46-31(42)24(3)39-48(43,47-26-19-15-12-16-20-26)45-22-33(4,44-5)27(41)21-40-23-36-28-29(35)37-32(34)38-30(28)40/h12,15-16,19-20,23-25,27,41H,6-11,13-14,17-18,21-22H2,1-5H3,(H,39,43)(H2,35,37,38)/t24?,27-,33+,48?/m0/s1. The molecule has 0 radical (unpaired) electrons. The van der Waals surface area contributed by atoms with Gasteiger partial charge in [0.25, 0.3) is 0 Å². The van der Waals surface area contributed by atoms with E-state index in [1.807, 2.05) is 0 Å². The number of ether oxygens (including phenoxy) is 2. The van der Waals surface area contributed by atoms with Gasteiger partial charge >= 0.3 is 19.8 Å². The van der Waals surface area contributed by atoms with E-state index in [9.17, 15) is 18.9 Å². The zero-order chi connectivity index (χ0) is 35.2. The van der Waals surface area contributed by atoms with Gasteiger partial charge < -0.3 is 29.4 Å². The number of para-hydroxylation sites is 1. The van der Waals surface area contributed by atoms with Crippen LogP contribution in [0.25, 0.3) is 11.2 Å². The fourth-order valence-electron chi connectivity index (χ4n) is 5.08. The summed E-state index contributed by atoms with van der Waals surface area (Å²) in [6, 6.07) is 7.34. The maximum absolute atomic E-state index is 14.2. The molecule has 0 aliphatic heterocycles. The van der Waals surface area contributed by atoms with Crippen LogP contribution in [0.3, 0.4) is 0 Å². The smallest absolute Gasteiger partial charge is 0.459 e. The summed E-state index contributed by atoms with van der Waals surface area (Å²) in [7, 11) is -2.92. The van der Waals surface area contributed by atoms with Crippen molar-refractivity contribution in [2.75, 3.05) is 19.5 Å². The molecule has 2 heterocycles. The van der Waals surface area contributed by atoms with Crippen molar-refractivity contribution in [3.63, 3.8) is 0 Å². The second-order valence-corrected chi connectivity index (χ2v) is 14.0. The number of fused-ring (bicyclic) bond motifs is 1. The number of nitrogens with one attached hydrogen (secondary N) is 1. The molecule has 48 heavy (non-hydrogen) atoms. The topological polar surface area (TPSA) is 173 Å². The maximum Gasteiger partial charge on any atom is 0.459 e. The molecular weight excluding hydrogens is 642 g/mol. The largest absolute Gasteiger partial charge is 0.461 e. The third kappa shape index (κ3) is 11.8. The first kappa shape index (κ1) is 39.3. The van der Waals surface area contributed by atoms with Crippen molar-refractivity contribution in [3.8, 4) is 5.75 Å². The maximum atomic E-state index is 14.2. The fourth-order valence-corrected chi connectivity index (χ4v) is 6.67. The highest BCUT2D eigenvalue weighted by atomic mass is 31.2. The second kappa shape index (κ2) is 19.1. The Labute approximate surface area is 282 Å². The summed E-state index contributed by atoms with van der Waals surface area (Å²) in [5.41, 5.74) is 4.56. The summed E-state index contributed by atoms with van der Waals surface area (Å²) >= 11 is 0. The average molecular weight is 695 g/mol. The molecule has 268 valence electrons. The van der Waals surface area contributed by atoms with E-state index in [-0.39, 0.29) is 35.4 Å². The summed E-state index contributed by atoms with van der Waals surface area (Å²) in [4.78, 5) is 24.7. The van der Waals surface area contributed by atoms with E-state index >= 15 is 0 Å². The highest BCUT2D eigenvalue weighted by molar-refractivity contribution is 7.52. The number of nitrogens with zero attached hydrogens (tertiary/aromatic N) is 4. The minimum absolute atomic E-state index is 0.0829. The van der Waals surface area contributed by atoms with Crippen LogP contribution in [0.1, 0.15) is 91.9 Å². The van der Waals surface area contributed by atoms with Crippen molar-refractivity contribution in [2.24, 2.45) is 0 Å². The van der Waals surface area contributed by atoms with E-state index in [4.69, 9.17) is 24.3 Å². The third-order valence-corrected chi connectivity index (χ3v) is 9.87. The number of aliphatic hydroxyl groups is 1. The molecule has 2 aromatic heterocycles. The number of nitrogens with two attached hydrogens (primary N) is 1. The number of imidazole rings is 1. The third-order valence-electron chi connectivity index (χ3n) is 8.24. The zero-order valence-corrected chi connectivity index (χ0v) is 29.7. The van der Waals surface area contributed by atoms with Gasteiger partial charge in [0.1, 0.15) is 35.1 Å². The van der Waals surface area contributed by atoms with Crippen molar-refractivity contribution in [2.45, 2.75) is 122 Å². The molecule has 3 aromatic rings. The molecule has 0 fully saturated rings. The van der Waals surface area contributed by atoms with Crippen LogP contribution in [0.5, 0.6) is 5.75 Å². The summed E-state index contributed by atoms with van der Waals surface area (Å²) in [6.45, 7) is 6.81. The Bertz CT molecular complexity index is 1450. The molecule has 4 atom stereocenters. The van der Waals surface area contributed by atoms with Crippen molar-refractivity contribution in [1.82, 2.24) is 24.6 Å². The number of unbranched alkanes of at least 4 members (excludes halogenated alkanes) is 6. The summed E-state index contributed by atoms with van der Waals surface area (Å²) < 4.78 is 52.8. The molecule has 0 amide bonds. The highest BCUT2D eigenvalue weighted by Gasteiger charge is 2.40. The fraction of sp³-hybridized carbons (Fsp3) is 0.636. The number of anilines is 1. The molecule has 0 spiro atoms. The van der Waals surface area contributed by atoms with E-state index in [2.05, 4.69) is 33.9 Å². The first-order valence-corrected chi connectivity index (χ1v) is 18.3. The number of hydrogen-bond donors (Lipinski definition) is 3. The molecular formula is C33H52FN6O7P. The van der Waals surface area contributed by atoms with Gasteiger partial charge in [0.15, 0.2) is 11.5 Å². The lowest BCUT2D eigenvalue weighted by Gasteiger charge is -2.34. The lowest BCUT2D eigenvalue weighted by molar-refractivity contribution is -0.151. The molecule has 1 aromatic carbocycles. The van der Waals surface area contributed by atoms with Crippen LogP contribution in [0, 0.1) is 6.08 Å². The Balaban J connectivity index is 1.74. The summed E-state index contributed by atoms with van der Waals surface area (Å²) in [5, 5.41) is 14.0. The number of halogens is 1. The number of nitrogen functional groups attached to an aromatic ring is 1. The number of aromatic nitrogens is 4. The molecule has 0 bridgehead atoms. The second-order valence-electron chi connectivity index (χ2n) is 12.3. The first-order chi connectivity index (χ1) is 22.9. The molecule has 0 saturated carbocycles. The molecule has 0 saturated heterocycles. The summed E-state index contributed by atoms with van der Waals surface area (Å²) in [6.07, 6.45) is 8.83. The average Bonchev–Trinajstić information content (AvgIpc) is 3.46. The lowest BCUT2D eigenvalue weighted by Crippen LogP contribution is -2.48. The Morgan fingerprint density at radius 1 is 1.08 bits per heavy atom. The molecule has 4 N–H and O–H groups in total. The van der Waals surface area contributed by atoms with Gasteiger partial charge in [0.05, 0.1) is 19.5 Å². The molecule has 0 aliphatic rings. The Morgan fingerprint density at radius 3 is 2.33 bits per heavy atom. The van der Waals surface area contributed by atoms with Crippen LogP contribution < -0.4 is 15.3 Å². The van der Waals surface area contributed by atoms with Crippen LogP contribution in [0.2, 0.25) is 0 Å². The molecule has 3 rings (SSSR count). The Morgan fingerprint density at radius 2 is 1.73 bits per heavy atom. The van der Waals surface area contributed by atoms with Crippen LogP contribution in [0.15, 0.2) is 36.7 Å². The van der Waals surface area contributed by atoms with Gasteiger partial charge in [0, 0.05) is 7.11 Å². The van der Waals surface area contributed by atoms with Crippen LogP contribution in [-0.2, 0) is 29.9 Å². The normalized spacial score (nSPS) is 15.6. The van der Waals surface area contributed by atoms with Crippen molar-refractivity contribution in [1.29, 1.82) is 0 Å². The van der Waals surface area contributed by atoms with Crippen molar-refractivity contribution in [3.05, 3.63) is 42.7 Å². The quantitative estimate of drug-likeness (QED) is 0.0435. The number of carbonyl (C=O) groups excluding carboxylic acids is 1. The predicted molar refractivity (Wildman–Crippen MR) is 182 cm³/mol. The van der Waals surface area contributed by atoms with E-state index in [1.54, 1.807) is 44.2 Å². The van der Waals surface area contributed by atoms with E-state index < -0.39 is 44.1 Å². The van der Waals surface area contributed by atoms with Crippen LogP contribution in [0.4, 0.5) is 10.2 Å². The number of methoxy groups -OCH3 is 1. The van der Waals surface area contributed by atoms with Gasteiger partial charge in [-0.1, -0.05) is 70.6 Å². The number of esters is 1. The minimum Gasteiger partial charge on any atom is -0.461 e. The van der Waals surface area contributed by atoms with E-state index in [1.165, 1.54) is 18.0 Å². The first-order valence-electron chi connectivity index (χ1n) is 16.8. The lowest BCUT2D eigenvalue weighted by atomic mass is 10.00. The molecule has 13 nitrogen and oxygen atoms in total. The molecule has 2 unspecified atom stereocenters. The Hall–Kier alpha value is -3.16. The SMILES string of the molecule is CCCCCCC(CCCCCC)OC(=O)C(C)NP(=O)(OC[C@@](C)(OC)[C@@H](O)Cn1cnc2c(N)nc(F)nc21)Oc1ccccc1. The van der Waals surface area contributed by atoms with Gasteiger partial charge in [-0.15, -0.1) is 0 Å². The minimum atomic E-state index is -4.27. The van der Waals surface area contributed by atoms with E-state index in [0.29, 0.717) is 0 Å². The number of aliphatic hydroxyl groups excluding tert-OH is 1. The van der Waals surface area contributed by atoms with Crippen molar-refractivity contribution >= 4 is 30.7 Å². The number of carbonyl (C=O) groups is 1. The number of rotatable bonds is 23. The van der Waals surface area contributed by atoms with E-state index in [0.717, 1.165) is 64.2 Å². The highest BCUT2D eigenvalue weighted by Crippen LogP contribution is 2.46. The van der Waals surface area contributed by atoms with Crippen molar-refractivity contribution < 1.29 is 37.4 Å². The summed E-state index contributed by atoms with van der Waals surface area (Å²) in [5.74, 6) is -0.468. The van der Waals surface area contributed by atoms with Gasteiger partial charge in [0.2, 0.25) is 0 Å². The van der Waals surface area contributed by atoms with Gasteiger partial charge in [-0.05, 0) is 51.7 Å². The zero-order valence-electron chi connectivity index (χ0n) is 28.8. The Kier molecular flexibility index (Phi) is 15.7. The van der Waals surface area contributed by atoms with Crippen LogP contribution >= 0.6 is 7.75 Å². The van der Waals surface area contributed by atoms with Gasteiger partial charge in [-0.25, -0.2) is 9.55 Å². The van der Waals surface area contributed by atoms with Gasteiger partial charge in [-0.2, -0.15) is 19.4 Å². The predicted octanol–water partition coefficient (Wildman–Crippen LogP) is 6.35. The van der Waals surface area contributed by atoms with Gasteiger partial charge in [-0.3, -0.25) is 9.32 Å². The molecule has 15 heteroatoms. The monoisotopic (exact) mass is 694 g/mol.